The summed E-state index contributed by atoms with van der Waals surface area (Å²) < 4.78 is 28.8. The minimum absolute atomic E-state index is 0.258. The Morgan fingerprint density at radius 2 is 2.17 bits per heavy atom. The summed E-state index contributed by atoms with van der Waals surface area (Å²) in [4.78, 5) is 0. The Morgan fingerprint density at radius 1 is 1.39 bits per heavy atom. The zero-order chi connectivity index (χ0) is 13.2. The molecule has 1 N–H and O–H groups in total. The highest BCUT2D eigenvalue weighted by Crippen LogP contribution is 2.41. The normalized spacial score (nSPS) is 32.9. The lowest BCUT2D eigenvalue weighted by Crippen LogP contribution is -2.39. The van der Waals surface area contributed by atoms with Crippen LogP contribution in [-0.2, 0) is 14.6 Å². The van der Waals surface area contributed by atoms with Gasteiger partial charge in [0.05, 0.1) is 18.0 Å². The number of fused-ring (bicyclic) bond motifs is 2. The molecule has 4 nitrogen and oxygen atoms in total. The number of sulfone groups is 1. The van der Waals surface area contributed by atoms with E-state index in [1.165, 1.54) is 12.8 Å². The van der Waals surface area contributed by atoms with Crippen LogP contribution in [-0.4, -0.2) is 45.2 Å². The molecule has 0 aromatic carbocycles. The summed E-state index contributed by atoms with van der Waals surface area (Å²) in [5, 5.41) is 3.36. The van der Waals surface area contributed by atoms with Crippen LogP contribution < -0.4 is 5.32 Å². The Labute approximate surface area is 110 Å². The first-order valence-electron chi connectivity index (χ1n) is 7.09. The van der Waals surface area contributed by atoms with E-state index in [0.717, 1.165) is 19.3 Å². The van der Waals surface area contributed by atoms with E-state index in [4.69, 9.17) is 4.74 Å². The van der Waals surface area contributed by atoms with Gasteiger partial charge in [-0.3, -0.25) is 0 Å². The van der Waals surface area contributed by atoms with Crippen LogP contribution in [0.4, 0.5) is 0 Å². The molecule has 2 aliphatic rings. The Hall–Kier alpha value is -0.130. The average Bonchev–Trinajstić information content (AvgIpc) is 2.97. The van der Waals surface area contributed by atoms with Gasteiger partial charge in [-0.15, -0.1) is 0 Å². The highest BCUT2D eigenvalue weighted by atomic mass is 32.2. The third-order valence-corrected chi connectivity index (χ3v) is 6.24. The first kappa shape index (κ1) is 14.3. The zero-order valence-electron chi connectivity index (χ0n) is 11.4. The largest absolute Gasteiger partial charge is 0.375 e. The van der Waals surface area contributed by atoms with Gasteiger partial charge < -0.3 is 10.1 Å². The van der Waals surface area contributed by atoms with E-state index in [9.17, 15) is 8.42 Å². The van der Waals surface area contributed by atoms with Crippen LogP contribution in [0.25, 0.3) is 0 Å². The summed E-state index contributed by atoms with van der Waals surface area (Å²) in [5.74, 6) is 1.16. The fourth-order valence-electron chi connectivity index (χ4n) is 3.34. The van der Waals surface area contributed by atoms with Gasteiger partial charge in [0.1, 0.15) is 9.84 Å². The van der Waals surface area contributed by atoms with Crippen LogP contribution >= 0.6 is 0 Å². The van der Waals surface area contributed by atoms with Gasteiger partial charge in [-0.25, -0.2) is 8.42 Å². The predicted octanol–water partition coefficient (Wildman–Crippen LogP) is 1.36. The van der Waals surface area contributed by atoms with Gasteiger partial charge in [0.2, 0.25) is 0 Å². The van der Waals surface area contributed by atoms with E-state index in [2.05, 4.69) is 5.32 Å². The average molecular weight is 275 g/mol. The topological polar surface area (TPSA) is 55.4 Å². The van der Waals surface area contributed by atoms with Crippen molar-refractivity contribution in [3.63, 3.8) is 0 Å². The molecule has 0 aromatic heterocycles. The lowest BCUT2D eigenvalue weighted by atomic mass is 9.82. The molecule has 0 spiro atoms. The van der Waals surface area contributed by atoms with Crippen LogP contribution in [0, 0.1) is 5.92 Å². The van der Waals surface area contributed by atoms with Crippen molar-refractivity contribution in [2.75, 3.05) is 18.6 Å². The van der Waals surface area contributed by atoms with Crippen molar-refractivity contribution in [3.8, 4) is 0 Å². The summed E-state index contributed by atoms with van der Waals surface area (Å²) in [5.41, 5.74) is 0. The zero-order valence-corrected chi connectivity index (χ0v) is 12.2. The first-order chi connectivity index (χ1) is 8.55. The number of nitrogens with one attached hydrogen (secondary N) is 1. The lowest BCUT2D eigenvalue weighted by molar-refractivity contribution is 0.0856. The highest BCUT2D eigenvalue weighted by molar-refractivity contribution is 7.91. The maximum absolute atomic E-state index is 11.5. The molecule has 2 rings (SSSR count). The Kier molecular flexibility index (Phi) is 4.67. The Balaban J connectivity index is 1.80. The van der Waals surface area contributed by atoms with E-state index >= 15 is 0 Å². The molecule has 106 valence electrons. The van der Waals surface area contributed by atoms with Crippen molar-refractivity contribution in [1.29, 1.82) is 0 Å². The van der Waals surface area contributed by atoms with Gasteiger partial charge >= 0.3 is 0 Å². The number of hydrogen-bond acceptors (Lipinski definition) is 4. The molecule has 5 heteroatoms. The molecule has 0 saturated carbocycles. The number of rotatable bonds is 7. The standard InChI is InChI=1S/C13H25NO3S/c1-3-18(15,16)8-4-5-12(14-2)11-9-10-6-7-13(11)17-10/h10-14H,3-9H2,1-2H3. The van der Waals surface area contributed by atoms with Gasteiger partial charge in [0, 0.05) is 17.7 Å². The minimum Gasteiger partial charge on any atom is -0.375 e. The summed E-state index contributed by atoms with van der Waals surface area (Å²) in [7, 11) is -0.839. The fraction of sp³-hybridized carbons (Fsp3) is 1.00. The van der Waals surface area contributed by atoms with Gasteiger partial charge in [-0.2, -0.15) is 0 Å². The van der Waals surface area contributed by atoms with Crippen molar-refractivity contribution in [1.82, 2.24) is 5.32 Å². The molecule has 0 aliphatic carbocycles. The van der Waals surface area contributed by atoms with Gasteiger partial charge in [-0.05, 0) is 39.2 Å². The molecule has 4 unspecified atom stereocenters. The second-order valence-corrected chi connectivity index (χ2v) is 8.02. The second-order valence-electron chi connectivity index (χ2n) is 5.55. The van der Waals surface area contributed by atoms with E-state index in [1.807, 2.05) is 7.05 Å². The maximum atomic E-state index is 11.5. The van der Waals surface area contributed by atoms with E-state index in [-0.39, 0.29) is 5.75 Å². The third-order valence-electron chi connectivity index (χ3n) is 4.45. The first-order valence-corrected chi connectivity index (χ1v) is 8.91. The summed E-state index contributed by atoms with van der Waals surface area (Å²) >= 11 is 0. The summed E-state index contributed by atoms with van der Waals surface area (Å²) in [6, 6.07) is 0.410. The van der Waals surface area contributed by atoms with Gasteiger partial charge in [0.25, 0.3) is 0 Å². The van der Waals surface area contributed by atoms with Crippen molar-refractivity contribution in [3.05, 3.63) is 0 Å². The molecule has 4 atom stereocenters. The molecule has 18 heavy (non-hydrogen) atoms. The molecular formula is C13H25NO3S. The molecule has 2 aliphatic heterocycles. The van der Waals surface area contributed by atoms with Crippen molar-refractivity contribution in [2.24, 2.45) is 5.92 Å². The SMILES string of the molecule is CCS(=O)(=O)CCCC(NC)C1CC2CCC1O2. The molecule has 0 amide bonds. The van der Waals surface area contributed by atoms with Crippen molar-refractivity contribution in [2.45, 2.75) is 57.3 Å². The monoisotopic (exact) mass is 275 g/mol. The second kappa shape index (κ2) is 5.88. The fourth-order valence-corrected chi connectivity index (χ4v) is 4.24. The Bertz CT molecular complexity index is 368. The molecule has 2 heterocycles. The molecule has 2 bridgehead atoms. The molecule has 0 radical (unpaired) electrons. The van der Waals surface area contributed by atoms with Crippen molar-refractivity contribution < 1.29 is 13.2 Å². The van der Waals surface area contributed by atoms with Gasteiger partial charge in [-0.1, -0.05) is 6.92 Å². The lowest BCUT2D eigenvalue weighted by Gasteiger charge is -2.28. The van der Waals surface area contributed by atoms with Crippen LogP contribution in [0.1, 0.15) is 39.0 Å². The van der Waals surface area contributed by atoms with E-state index in [0.29, 0.717) is 29.9 Å². The molecule has 2 saturated heterocycles. The summed E-state index contributed by atoms with van der Waals surface area (Å²) in [6.45, 7) is 1.72. The predicted molar refractivity (Wildman–Crippen MR) is 72.4 cm³/mol. The maximum Gasteiger partial charge on any atom is 0.150 e. The Morgan fingerprint density at radius 3 is 2.67 bits per heavy atom. The molecular weight excluding hydrogens is 250 g/mol. The smallest absolute Gasteiger partial charge is 0.150 e. The van der Waals surface area contributed by atoms with Crippen LogP contribution in [0.5, 0.6) is 0 Å². The van der Waals surface area contributed by atoms with Crippen LogP contribution in [0.3, 0.4) is 0 Å². The van der Waals surface area contributed by atoms with Crippen LogP contribution in [0.15, 0.2) is 0 Å². The summed E-state index contributed by atoms with van der Waals surface area (Å²) in [6.07, 6.45) is 6.12. The third kappa shape index (κ3) is 3.25. The highest BCUT2D eigenvalue weighted by Gasteiger charge is 2.43. The number of hydrogen-bond donors (Lipinski definition) is 1. The molecule has 2 fully saturated rings. The van der Waals surface area contributed by atoms with E-state index in [1.54, 1.807) is 6.92 Å². The van der Waals surface area contributed by atoms with Gasteiger partial charge in [0.15, 0.2) is 0 Å². The molecule has 0 aromatic rings. The van der Waals surface area contributed by atoms with Crippen LogP contribution in [0.2, 0.25) is 0 Å². The van der Waals surface area contributed by atoms with Crippen molar-refractivity contribution >= 4 is 9.84 Å². The number of ether oxygens (including phenoxy) is 1. The minimum atomic E-state index is -2.82. The quantitative estimate of drug-likeness (QED) is 0.762. The van der Waals surface area contributed by atoms with E-state index < -0.39 is 9.84 Å².